The first-order chi connectivity index (χ1) is 8.31. The number of benzene rings is 1. The molecular formula is C10H9F3O4S. The number of hydrogen-bond donors (Lipinski definition) is 1. The molecule has 4 nitrogen and oxygen atoms in total. The zero-order chi connectivity index (χ0) is 13.8. The molecule has 0 aliphatic rings. The van der Waals surface area contributed by atoms with Crippen LogP contribution in [0.1, 0.15) is 10.4 Å². The molecule has 100 valence electrons. The van der Waals surface area contributed by atoms with Gasteiger partial charge in [0, 0.05) is 0 Å². The SMILES string of the molecule is O=C(O)c1ccccc1S(=O)COCC(F)(F)F. The van der Waals surface area contributed by atoms with Gasteiger partial charge in [-0.1, -0.05) is 12.1 Å². The zero-order valence-electron chi connectivity index (χ0n) is 8.94. The molecule has 1 aromatic carbocycles. The quantitative estimate of drug-likeness (QED) is 0.897. The van der Waals surface area contributed by atoms with Crippen molar-refractivity contribution in [2.45, 2.75) is 11.1 Å². The van der Waals surface area contributed by atoms with E-state index in [1.807, 2.05) is 0 Å². The van der Waals surface area contributed by atoms with Crippen molar-refractivity contribution >= 4 is 16.8 Å². The Morgan fingerprint density at radius 1 is 1.33 bits per heavy atom. The van der Waals surface area contributed by atoms with Gasteiger partial charge >= 0.3 is 12.1 Å². The first-order valence-corrected chi connectivity index (χ1v) is 5.98. The number of carbonyl (C=O) groups is 1. The van der Waals surface area contributed by atoms with Gasteiger partial charge in [-0.25, -0.2) is 4.79 Å². The molecule has 1 unspecified atom stereocenters. The number of hydrogen-bond acceptors (Lipinski definition) is 3. The molecule has 0 aromatic heterocycles. The second kappa shape index (κ2) is 5.96. The summed E-state index contributed by atoms with van der Waals surface area (Å²) in [5.41, 5.74) is -0.216. The van der Waals surface area contributed by atoms with Crippen LogP contribution < -0.4 is 0 Å². The van der Waals surface area contributed by atoms with Crippen molar-refractivity contribution in [3.05, 3.63) is 29.8 Å². The van der Waals surface area contributed by atoms with Gasteiger partial charge in [-0.2, -0.15) is 13.2 Å². The van der Waals surface area contributed by atoms with Gasteiger partial charge in [0.25, 0.3) is 0 Å². The lowest BCUT2D eigenvalue weighted by Crippen LogP contribution is -2.19. The van der Waals surface area contributed by atoms with Gasteiger partial charge in [-0.15, -0.1) is 0 Å². The molecule has 8 heteroatoms. The third-order valence-corrected chi connectivity index (χ3v) is 3.05. The minimum Gasteiger partial charge on any atom is -0.478 e. The van der Waals surface area contributed by atoms with Crippen molar-refractivity contribution in [2.75, 3.05) is 12.5 Å². The van der Waals surface area contributed by atoms with E-state index in [4.69, 9.17) is 5.11 Å². The Morgan fingerprint density at radius 2 is 1.94 bits per heavy atom. The van der Waals surface area contributed by atoms with E-state index in [1.54, 1.807) is 0 Å². The van der Waals surface area contributed by atoms with Crippen LogP contribution in [0.25, 0.3) is 0 Å². The Morgan fingerprint density at radius 3 is 2.50 bits per heavy atom. The fourth-order valence-corrected chi connectivity index (χ4v) is 2.13. The van der Waals surface area contributed by atoms with Gasteiger partial charge < -0.3 is 9.84 Å². The number of carboxylic acids is 1. The molecule has 0 spiro atoms. The largest absolute Gasteiger partial charge is 0.478 e. The topological polar surface area (TPSA) is 63.6 Å². The maximum Gasteiger partial charge on any atom is 0.411 e. The Kier molecular flexibility index (Phi) is 4.85. The van der Waals surface area contributed by atoms with E-state index in [1.165, 1.54) is 24.3 Å². The number of aromatic carboxylic acids is 1. The molecule has 0 amide bonds. The molecule has 0 radical (unpaired) electrons. The Labute approximate surface area is 103 Å². The van der Waals surface area contributed by atoms with Gasteiger partial charge in [0.2, 0.25) is 0 Å². The van der Waals surface area contributed by atoms with Crippen molar-refractivity contribution in [3.8, 4) is 0 Å². The second-order valence-corrected chi connectivity index (χ2v) is 4.59. The zero-order valence-corrected chi connectivity index (χ0v) is 9.75. The van der Waals surface area contributed by atoms with Crippen LogP contribution in [-0.4, -0.2) is 34.0 Å². The number of alkyl halides is 3. The van der Waals surface area contributed by atoms with Crippen LogP contribution in [0.15, 0.2) is 29.2 Å². The molecule has 0 aliphatic carbocycles. The summed E-state index contributed by atoms with van der Waals surface area (Å²) in [6, 6.07) is 5.37. The fraction of sp³-hybridized carbons (Fsp3) is 0.300. The second-order valence-electron chi connectivity index (χ2n) is 3.23. The summed E-state index contributed by atoms with van der Waals surface area (Å²) in [5.74, 6) is -2.00. The predicted octanol–water partition coefficient (Wildman–Crippen LogP) is 2.03. The van der Waals surface area contributed by atoms with Gasteiger partial charge in [-0.3, -0.25) is 4.21 Å². The molecule has 1 atom stereocenters. The summed E-state index contributed by atoms with van der Waals surface area (Å²) in [6.45, 7) is -1.52. The van der Waals surface area contributed by atoms with E-state index in [-0.39, 0.29) is 10.5 Å². The van der Waals surface area contributed by atoms with Gasteiger partial charge in [-0.05, 0) is 12.1 Å². The maximum absolute atomic E-state index is 11.8. The van der Waals surface area contributed by atoms with Crippen LogP contribution in [0.4, 0.5) is 13.2 Å². The van der Waals surface area contributed by atoms with E-state index in [0.717, 1.165) is 0 Å². The number of carboxylic acid groups (broad SMARTS) is 1. The van der Waals surface area contributed by atoms with Gasteiger partial charge in [0.05, 0.1) is 21.3 Å². The molecule has 0 aliphatic heterocycles. The fourth-order valence-electron chi connectivity index (χ4n) is 1.14. The minimum atomic E-state index is -4.50. The minimum absolute atomic E-state index is 0.0628. The molecule has 0 saturated carbocycles. The third kappa shape index (κ3) is 4.46. The third-order valence-electron chi connectivity index (χ3n) is 1.82. The van der Waals surface area contributed by atoms with Gasteiger partial charge in [0.15, 0.2) is 0 Å². The van der Waals surface area contributed by atoms with Crippen LogP contribution in [-0.2, 0) is 15.5 Å². The monoisotopic (exact) mass is 282 g/mol. The normalized spacial score (nSPS) is 13.3. The van der Waals surface area contributed by atoms with Crippen LogP contribution in [0.2, 0.25) is 0 Å². The van der Waals surface area contributed by atoms with E-state index in [0.29, 0.717) is 0 Å². The summed E-state index contributed by atoms with van der Waals surface area (Å²) in [5, 5.41) is 8.81. The maximum atomic E-state index is 11.8. The summed E-state index contributed by atoms with van der Waals surface area (Å²) in [7, 11) is -1.95. The first kappa shape index (κ1) is 14.7. The summed E-state index contributed by atoms with van der Waals surface area (Å²) >= 11 is 0. The highest BCUT2D eigenvalue weighted by Crippen LogP contribution is 2.17. The molecule has 0 fully saturated rings. The van der Waals surface area contributed by atoms with Crippen molar-refractivity contribution in [2.24, 2.45) is 0 Å². The summed E-state index contributed by atoms with van der Waals surface area (Å²) in [4.78, 5) is 10.7. The standard InChI is InChI=1S/C10H9F3O4S/c11-10(12,13)5-17-6-18(16)8-4-2-1-3-7(8)9(14)15/h1-4H,5-6H2,(H,14,15). The number of rotatable bonds is 5. The Balaban J connectivity index is 2.70. The summed E-state index contributed by atoms with van der Waals surface area (Å²) in [6.07, 6.45) is -4.50. The lowest BCUT2D eigenvalue weighted by Gasteiger charge is -2.08. The van der Waals surface area contributed by atoms with Crippen LogP contribution in [0.3, 0.4) is 0 Å². The molecule has 1 aromatic rings. The molecule has 18 heavy (non-hydrogen) atoms. The highest BCUT2D eigenvalue weighted by atomic mass is 32.2. The number of halogens is 3. The van der Waals surface area contributed by atoms with Crippen molar-refractivity contribution in [1.29, 1.82) is 0 Å². The van der Waals surface area contributed by atoms with E-state index in [2.05, 4.69) is 4.74 Å². The molecule has 1 rings (SSSR count). The highest BCUT2D eigenvalue weighted by molar-refractivity contribution is 7.85. The smallest absolute Gasteiger partial charge is 0.411 e. The van der Waals surface area contributed by atoms with Crippen molar-refractivity contribution in [3.63, 3.8) is 0 Å². The van der Waals surface area contributed by atoms with Crippen molar-refractivity contribution < 1.29 is 32.0 Å². The predicted molar refractivity (Wildman–Crippen MR) is 56.7 cm³/mol. The van der Waals surface area contributed by atoms with E-state index < -0.39 is 35.5 Å². The lowest BCUT2D eigenvalue weighted by molar-refractivity contribution is -0.169. The first-order valence-electron chi connectivity index (χ1n) is 4.66. The van der Waals surface area contributed by atoms with Crippen LogP contribution in [0.5, 0.6) is 0 Å². The average Bonchev–Trinajstić information content (AvgIpc) is 2.27. The van der Waals surface area contributed by atoms with Crippen LogP contribution >= 0.6 is 0 Å². The van der Waals surface area contributed by atoms with Crippen LogP contribution in [0, 0.1) is 0 Å². The Bertz CT molecular complexity index is 459. The highest BCUT2D eigenvalue weighted by Gasteiger charge is 2.28. The Hall–Kier alpha value is -1.41. The lowest BCUT2D eigenvalue weighted by atomic mass is 10.2. The van der Waals surface area contributed by atoms with Crippen molar-refractivity contribution in [1.82, 2.24) is 0 Å². The average molecular weight is 282 g/mol. The molecule has 0 heterocycles. The molecule has 1 N–H and O–H groups in total. The van der Waals surface area contributed by atoms with Gasteiger partial charge in [0.1, 0.15) is 12.5 Å². The molecule has 0 saturated heterocycles. The molecule has 0 bridgehead atoms. The van der Waals surface area contributed by atoms with E-state index >= 15 is 0 Å². The molecular weight excluding hydrogens is 273 g/mol. The summed E-state index contributed by atoms with van der Waals surface area (Å²) < 4.78 is 51.2. The number of ether oxygens (including phenoxy) is 1. The van der Waals surface area contributed by atoms with E-state index in [9.17, 15) is 22.2 Å².